The highest BCUT2D eigenvalue weighted by Crippen LogP contribution is 2.37. The van der Waals surface area contributed by atoms with Gasteiger partial charge in [-0.25, -0.2) is 4.79 Å². The Balaban J connectivity index is 2.01. The van der Waals surface area contributed by atoms with Crippen LogP contribution in [0.15, 0.2) is 42.5 Å². The number of hydrogen-bond acceptors (Lipinski definition) is 4. The molecule has 0 saturated heterocycles. The number of nitrogens with one attached hydrogen (secondary N) is 1. The summed E-state index contributed by atoms with van der Waals surface area (Å²) in [6, 6.07) is 2.89. The molecule has 0 bridgehead atoms. The van der Waals surface area contributed by atoms with E-state index in [1.54, 1.807) is 5.32 Å². The number of halogens is 10. The average Bonchev–Trinajstić information content (AvgIpc) is 3.17. The minimum Gasteiger partial charge on any atom is -0.436 e. The number of fused-ring (bicyclic) bond motifs is 1. The Morgan fingerprint density at radius 3 is 2.21 bits per heavy atom. The first kappa shape index (κ1) is 30.1. The number of nitrogens with zero attached hydrogens (tertiary/aromatic N) is 1. The Morgan fingerprint density at radius 2 is 1.67 bits per heavy atom. The van der Waals surface area contributed by atoms with E-state index < -0.39 is 53.8 Å². The van der Waals surface area contributed by atoms with Gasteiger partial charge < -0.3 is 14.6 Å². The molecule has 2 unspecified atom stereocenters. The number of rotatable bonds is 6. The van der Waals surface area contributed by atoms with Gasteiger partial charge in [0.2, 0.25) is 0 Å². The molecule has 3 aromatic rings. The maximum absolute atomic E-state index is 13.8. The molecule has 2 aromatic carbocycles. The van der Waals surface area contributed by atoms with Gasteiger partial charge in [-0.05, 0) is 42.8 Å². The van der Waals surface area contributed by atoms with Crippen LogP contribution in [-0.4, -0.2) is 28.8 Å². The number of aryl methyl sites for hydroxylation is 1. The summed E-state index contributed by atoms with van der Waals surface area (Å²) in [6.07, 6.45) is -17.4. The molecule has 0 aliphatic rings. The molecule has 212 valence electrons. The zero-order chi connectivity index (χ0) is 29.5. The molecule has 3 rings (SSSR count). The SMILES string of the molecule is CCn1c(C(=O)NC(c2cccc(C(F)(F)F)c2)C(F)(F)F)cc2cc(C(N)OC(=O)C(F)(F)F)c(Cl)cc21. The standard InChI is InChI=1S/C23H17ClF9N3O3/c1-2-36-15-9-14(24)13(18(34)39-20(38)23(31,32)33)7-11(15)8-16(36)19(37)35-17(22(28,29)30)10-4-3-5-12(6-10)21(25,26)27/h3-9,17-18H,2,34H2,1H3,(H,35,37). The number of hydrogen-bond donors (Lipinski definition) is 2. The molecular weight excluding hydrogens is 573 g/mol. The van der Waals surface area contributed by atoms with E-state index in [4.69, 9.17) is 17.3 Å². The van der Waals surface area contributed by atoms with Gasteiger partial charge in [-0.15, -0.1) is 0 Å². The molecule has 1 heterocycles. The molecular formula is C23H17ClF9N3O3. The number of carbonyl (C=O) groups is 2. The van der Waals surface area contributed by atoms with E-state index in [1.807, 2.05) is 0 Å². The molecule has 0 radical (unpaired) electrons. The third kappa shape index (κ3) is 6.58. The normalized spacial score (nSPS) is 14.3. The van der Waals surface area contributed by atoms with Crippen LogP contribution in [0.1, 0.15) is 46.4 Å². The van der Waals surface area contributed by atoms with E-state index in [0.29, 0.717) is 6.07 Å². The second-order valence-electron chi connectivity index (χ2n) is 8.10. The third-order valence-electron chi connectivity index (χ3n) is 5.49. The third-order valence-corrected chi connectivity index (χ3v) is 5.82. The van der Waals surface area contributed by atoms with Crippen LogP contribution >= 0.6 is 11.6 Å². The Kier molecular flexibility index (Phi) is 8.18. The molecule has 6 nitrogen and oxygen atoms in total. The Morgan fingerprint density at radius 1 is 1.03 bits per heavy atom. The van der Waals surface area contributed by atoms with E-state index in [-0.39, 0.29) is 39.8 Å². The van der Waals surface area contributed by atoms with Gasteiger partial charge in [0.1, 0.15) is 5.69 Å². The van der Waals surface area contributed by atoms with Crippen LogP contribution in [-0.2, 0) is 22.3 Å². The van der Waals surface area contributed by atoms with Crippen molar-refractivity contribution in [3.8, 4) is 0 Å². The number of esters is 1. The summed E-state index contributed by atoms with van der Waals surface area (Å²) in [5, 5.41) is 1.50. The molecule has 0 aliphatic heterocycles. The van der Waals surface area contributed by atoms with Crippen LogP contribution in [0.5, 0.6) is 0 Å². The van der Waals surface area contributed by atoms with Crippen LogP contribution in [0.2, 0.25) is 5.02 Å². The van der Waals surface area contributed by atoms with Crippen LogP contribution in [0, 0.1) is 0 Å². The monoisotopic (exact) mass is 589 g/mol. The zero-order valence-corrected chi connectivity index (χ0v) is 20.2. The maximum Gasteiger partial charge on any atom is 0.490 e. The van der Waals surface area contributed by atoms with Gasteiger partial charge in [0.05, 0.1) is 16.1 Å². The number of aromatic nitrogens is 1. The predicted octanol–water partition coefficient (Wildman–Crippen LogP) is 6.43. The Hall–Kier alpha value is -3.46. The number of benzene rings is 2. The van der Waals surface area contributed by atoms with Crippen LogP contribution < -0.4 is 11.1 Å². The number of carbonyl (C=O) groups excluding carboxylic acids is 2. The fraction of sp³-hybridized carbons (Fsp3) is 0.304. The highest BCUT2D eigenvalue weighted by Gasteiger charge is 2.44. The lowest BCUT2D eigenvalue weighted by molar-refractivity contribution is -0.205. The summed E-state index contributed by atoms with van der Waals surface area (Å²) in [4.78, 5) is 24.1. The summed E-state index contributed by atoms with van der Waals surface area (Å²) >= 11 is 6.08. The van der Waals surface area contributed by atoms with Crippen molar-refractivity contribution < 1.29 is 53.8 Å². The van der Waals surface area contributed by atoms with Crippen molar-refractivity contribution in [1.82, 2.24) is 9.88 Å². The fourth-order valence-corrected chi connectivity index (χ4v) is 4.01. The molecule has 2 atom stereocenters. The highest BCUT2D eigenvalue weighted by atomic mass is 35.5. The van der Waals surface area contributed by atoms with Crippen LogP contribution in [0.4, 0.5) is 39.5 Å². The van der Waals surface area contributed by atoms with E-state index in [0.717, 1.165) is 30.3 Å². The second-order valence-corrected chi connectivity index (χ2v) is 8.51. The maximum atomic E-state index is 13.8. The quantitative estimate of drug-likeness (QED) is 0.197. The average molecular weight is 590 g/mol. The Bertz CT molecular complexity index is 1400. The van der Waals surface area contributed by atoms with E-state index >= 15 is 0 Å². The molecule has 0 fully saturated rings. The molecule has 1 aromatic heterocycles. The van der Waals surface area contributed by atoms with E-state index in [2.05, 4.69) is 4.74 Å². The van der Waals surface area contributed by atoms with Gasteiger partial charge in [0.15, 0.2) is 12.3 Å². The fourth-order valence-electron chi connectivity index (χ4n) is 3.75. The topological polar surface area (TPSA) is 86.3 Å². The molecule has 0 saturated carbocycles. The smallest absolute Gasteiger partial charge is 0.436 e. The lowest BCUT2D eigenvalue weighted by Gasteiger charge is -2.23. The summed E-state index contributed by atoms with van der Waals surface area (Å²) in [5.41, 5.74) is 2.80. The summed E-state index contributed by atoms with van der Waals surface area (Å²) in [7, 11) is 0. The van der Waals surface area contributed by atoms with Gasteiger partial charge in [0, 0.05) is 17.5 Å². The molecule has 39 heavy (non-hydrogen) atoms. The minimum atomic E-state index is -5.35. The number of alkyl halides is 9. The van der Waals surface area contributed by atoms with Crippen molar-refractivity contribution in [2.45, 2.75) is 44.3 Å². The van der Waals surface area contributed by atoms with Gasteiger partial charge >= 0.3 is 24.5 Å². The number of ether oxygens (including phenoxy) is 1. The minimum absolute atomic E-state index is 0.00269. The van der Waals surface area contributed by atoms with E-state index in [1.165, 1.54) is 11.5 Å². The largest absolute Gasteiger partial charge is 0.490 e. The van der Waals surface area contributed by atoms with Crippen molar-refractivity contribution in [1.29, 1.82) is 0 Å². The lowest BCUT2D eigenvalue weighted by Crippen LogP contribution is -2.39. The van der Waals surface area contributed by atoms with Gasteiger partial charge in [-0.3, -0.25) is 10.5 Å². The molecule has 3 N–H and O–H groups in total. The van der Waals surface area contributed by atoms with Crippen molar-refractivity contribution in [3.05, 3.63) is 69.9 Å². The van der Waals surface area contributed by atoms with Gasteiger partial charge in [-0.2, -0.15) is 39.5 Å². The molecule has 0 aliphatic carbocycles. The van der Waals surface area contributed by atoms with Crippen molar-refractivity contribution in [2.24, 2.45) is 5.73 Å². The van der Waals surface area contributed by atoms with Crippen LogP contribution in [0.25, 0.3) is 10.9 Å². The number of amides is 1. The van der Waals surface area contributed by atoms with Crippen molar-refractivity contribution >= 4 is 34.4 Å². The van der Waals surface area contributed by atoms with Gasteiger partial charge in [0.25, 0.3) is 5.91 Å². The second kappa shape index (κ2) is 10.6. The molecule has 0 spiro atoms. The first-order valence-corrected chi connectivity index (χ1v) is 11.1. The zero-order valence-electron chi connectivity index (χ0n) is 19.4. The number of nitrogens with two attached hydrogens (primary N) is 1. The van der Waals surface area contributed by atoms with Crippen molar-refractivity contribution in [2.75, 3.05) is 0 Å². The first-order valence-electron chi connectivity index (χ1n) is 10.7. The predicted molar refractivity (Wildman–Crippen MR) is 119 cm³/mol. The van der Waals surface area contributed by atoms with Crippen molar-refractivity contribution in [3.63, 3.8) is 0 Å². The van der Waals surface area contributed by atoms with E-state index in [9.17, 15) is 49.1 Å². The van der Waals surface area contributed by atoms with Gasteiger partial charge in [-0.1, -0.05) is 23.7 Å². The summed E-state index contributed by atoms with van der Waals surface area (Å²) in [6.45, 7) is 1.51. The summed E-state index contributed by atoms with van der Waals surface area (Å²) in [5.74, 6) is -3.91. The highest BCUT2D eigenvalue weighted by molar-refractivity contribution is 6.32. The lowest BCUT2D eigenvalue weighted by atomic mass is 10.0. The summed E-state index contributed by atoms with van der Waals surface area (Å²) < 4.78 is 124. The first-order chi connectivity index (χ1) is 17.8. The van der Waals surface area contributed by atoms with Crippen LogP contribution in [0.3, 0.4) is 0 Å². The Labute approximate surface area is 218 Å². The molecule has 1 amide bonds. The molecule has 16 heteroatoms.